The molecule has 1 amide bonds. The van der Waals surface area contributed by atoms with Crippen molar-refractivity contribution in [3.05, 3.63) is 54.4 Å². The van der Waals surface area contributed by atoms with Gasteiger partial charge in [0.15, 0.2) is 0 Å². The smallest absolute Gasteiger partial charge is 0.253 e. The highest BCUT2D eigenvalue weighted by atomic mass is 16.3. The maximum absolute atomic E-state index is 12.0. The Morgan fingerprint density at radius 1 is 1.20 bits per heavy atom. The second kappa shape index (κ2) is 5.13. The Bertz CT molecular complexity index is 651. The van der Waals surface area contributed by atoms with Crippen LogP contribution in [0.3, 0.4) is 0 Å². The van der Waals surface area contributed by atoms with Crippen LogP contribution >= 0.6 is 0 Å². The van der Waals surface area contributed by atoms with Crippen molar-refractivity contribution in [2.75, 3.05) is 5.01 Å². The molecular formula is C15H13N3O2. The monoisotopic (exact) mass is 267 g/mol. The van der Waals surface area contributed by atoms with Crippen LogP contribution < -0.4 is 5.01 Å². The molecule has 0 fully saturated rings. The van der Waals surface area contributed by atoms with Gasteiger partial charge in [-0.15, -0.1) is 0 Å². The summed E-state index contributed by atoms with van der Waals surface area (Å²) in [4.78, 5) is 16.0. The molecule has 2 heterocycles. The number of aromatic hydroxyl groups is 1. The van der Waals surface area contributed by atoms with Gasteiger partial charge in [0.1, 0.15) is 5.75 Å². The molecule has 100 valence electrons. The van der Waals surface area contributed by atoms with Gasteiger partial charge in [-0.1, -0.05) is 6.07 Å². The van der Waals surface area contributed by atoms with Crippen LogP contribution in [0.25, 0.3) is 0 Å². The molecule has 5 heteroatoms. The summed E-state index contributed by atoms with van der Waals surface area (Å²) < 4.78 is 0. The molecule has 1 aromatic heterocycles. The van der Waals surface area contributed by atoms with Gasteiger partial charge in [0.2, 0.25) is 0 Å². The van der Waals surface area contributed by atoms with Crippen molar-refractivity contribution in [1.29, 1.82) is 0 Å². The molecule has 0 unspecified atom stereocenters. The first-order valence-corrected chi connectivity index (χ1v) is 6.29. The number of amides is 1. The van der Waals surface area contributed by atoms with Crippen molar-refractivity contribution >= 4 is 17.3 Å². The number of carbonyl (C=O) groups is 1. The molecule has 20 heavy (non-hydrogen) atoms. The van der Waals surface area contributed by atoms with Crippen LogP contribution in [-0.2, 0) is 11.2 Å². The highest BCUT2D eigenvalue weighted by Gasteiger charge is 2.25. The second-order valence-corrected chi connectivity index (χ2v) is 4.60. The Kier molecular flexibility index (Phi) is 3.16. The van der Waals surface area contributed by atoms with Crippen molar-refractivity contribution in [3.63, 3.8) is 0 Å². The first-order valence-electron chi connectivity index (χ1n) is 6.29. The van der Waals surface area contributed by atoms with Crippen molar-refractivity contribution in [3.8, 4) is 5.75 Å². The van der Waals surface area contributed by atoms with E-state index in [4.69, 9.17) is 0 Å². The normalized spacial score (nSPS) is 14.5. The van der Waals surface area contributed by atoms with Crippen LogP contribution in [0.15, 0.2) is 53.9 Å². The average molecular weight is 267 g/mol. The first-order chi connectivity index (χ1) is 9.72. The van der Waals surface area contributed by atoms with E-state index in [0.29, 0.717) is 18.5 Å². The first kappa shape index (κ1) is 12.3. The Morgan fingerprint density at radius 3 is 2.70 bits per heavy atom. The van der Waals surface area contributed by atoms with Crippen molar-refractivity contribution < 1.29 is 9.90 Å². The summed E-state index contributed by atoms with van der Waals surface area (Å²) in [6, 6.07) is 10.2. The number of phenolic OH excluding ortho intramolecular Hbond substituents is 1. The number of aromatic nitrogens is 1. The summed E-state index contributed by atoms with van der Waals surface area (Å²) in [7, 11) is 0. The molecule has 2 aromatic rings. The number of hydrogen-bond donors (Lipinski definition) is 1. The van der Waals surface area contributed by atoms with Gasteiger partial charge >= 0.3 is 0 Å². The lowest BCUT2D eigenvalue weighted by molar-refractivity contribution is -0.116. The molecule has 0 saturated carbocycles. The number of pyridine rings is 1. The number of rotatable bonds is 3. The Labute approximate surface area is 116 Å². The summed E-state index contributed by atoms with van der Waals surface area (Å²) in [6.07, 6.45) is 4.42. The summed E-state index contributed by atoms with van der Waals surface area (Å²) in [5.74, 6) is 0.106. The molecule has 1 aliphatic rings. The number of phenols is 1. The molecule has 0 bridgehead atoms. The van der Waals surface area contributed by atoms with Crippen LogP contribution in [-0.4, -0.2) is 21.7 Å². The molecule has 0 spiro atoms. The van der Waals surface area contributed by atoms with E-state index in [-0.39, 0.29) is 11.7 Å². The molecule has 5 nitrogen and oxygen atoms in total. The van der Waals surface area contributed by atoms with E-state index in [9.17, 15) is 9.90 Å². The third-order valence-electron chi connectivity index (χ3n) is 3.06. The molecule has 1 N–H and O–H groups in total. The van der Waals surface area contributed by atoms with Gasteiger partial charge in [-0.25, -0.2) is 5.01 Å². The van der Waals surface area contributed by atoms with E-state index in [1.807, 2.05) is 12.1 Å². The highest BCUT2D eigenvalue weighted by Crippen LogP contribution is 2.23. The molecule has 0 radical (unpaired) electrons. The molecular weight excluding hydrogens is 254 g/mol. The highest BCUT2D eigenvalue weighted by molar-refractivity contribution is 6.13. The minimum absolute atomic E-state index is 0.0606. The Morgan fingerprint density at radius 2 is 2.00 bits per heavy atom. The second-order valence-electron chi connectivity index (χ2n) is 4.60. The largest absolute Gasteiger partial charge is 0.508 e. The number of benzene rings is 1. The zero-order valence-corrected chi connectivity index (χ0v) is 10.7. The number of nitrogens with zero attached hydrogens (tertiary/aromatic N) is 3. The number of hydrazone groups is 1. The number of hydrogen-bond acceptors (Lipinski definition) is 4. The summed E-state index contributed by atoms with van der Waals surface area (Å²) in [6.45, 7) is 0. The van der Waals surface area contributed by atoms with Gasteiger partial charge in [-0.05, 0) is 35.9 Å². The fourth-order valence-electron chi connectivity index (χ4n) is 2.11. The number of carbonyl (C=O) groups excluding carboxylic acids is 1. The molecule has 0 aliphatic carbocycles. The van der Waals surface area contributed by atoms with E-state index in [2.05, 4.69) is 10.1 Å². The summed E-state index contributed by atoms with van der Waals surface area (Å²) >= 11 is 0. The molecule has 0 atom stereocenters. The van der Waals surface area contributed by atoms with Crippen molar-refractivity contribution in [2.24, 2.45) is 5.10 Å². The van der Waals surface area contributed by atoms with Crippen LogP contribution in [0, 0.1) is 0 Å². The van der Waals surface area contributed by atoms with Crippen LogP contribution in [0.2, 0.25) is 0 Å². The van der Waals surface area contributed by atoms with E-state index in [1.165, 1.54) is 17.1 Å². The minimum atomic E-state index is -0.0606. The molecule has 0 saturated heterocycles. The molecule has 1 aliphatic heterocycles. The summed E-state index contributed by atoms with van der Waals surface area (Å²) in [5.41, 5.74) is 2.51. The van der Waals surface area contributed by atoms with E-state index in [1.54, 1.807) is 24.5 Å². The van der Waals surface area contributed by atoms with Gasteiger partial charge in [0, 0.05) is 18.8 Å². The summed E-state index contributed by atoms with van der Waals surface area (Å²) in [5, 5.41) is 15.0. The van der Waals surface area contributed by atoms with Crippen molar-refractivity contribution in [1.82, 2.24) is 4.98 Å². The van der Waals surface area contributed by atoms with E-state index in [0.717, 1.165) is 11.3 Å². The van der Waals surface area contributed by atoms with Crippen LogP contribution in [0.4, 0.5) is 5.69 Å². The quantitative estimate of drug-likeness (QED) is 0.926. The minimum Gasteiger partial charge on any atom is -0.508 e. The fourth-order valence-corrected chi connectivity index (χ4v) is 2.11. The third kappa shape index (κ3) is 2.51. The van der Waals surface area contributed by atoms with Gasteiger partial charge in [0.05, 0.1) is 17.8 Å². The van der Waals surface area contributed by atoms with Crippen molar-refractivity contribution in [2.45, 2.75) is 12.8 Å². The Balaban J connectivity index is 1.80. The maximum atomic E-state index is 12.0. The predicted molar refractivity (Wildman–Crippen MR) is 75.6 cm³/mol. The fraction of sp³-hybridized carbons (Fsp3) is 0.133. The lowest BCUT2D eigenvalue weighted by atomic mass is 10.1. The zero-order valence-electron chi connectivity index (χ0n) is 10.7. The Hall–Kier alpha value is -2.69. The van der Waals surface area contributed by atoms with Gasteiger partial charge in [-0.2, -0.15) is 5.10 Å². The number of anilines is 1. The third-order valence-corrected chi connectivity index (χ3v) is 3.06. The average Bonchev–Trinajstić information content (AvgIpc) is 2.81. The lowest BCUT2D eigenvalue weighted by Gasteiger charge is -2.11. The van der Waals surface area contributed by atoms with Gasteiger partial charge < -0.3 is 5.11 Å². The molecule has 3 rings (SSSR count). The predicted octanol–water partition coefficient (Wildman–Crippen LogP) is 2.12. The zero-order chi connectivity index (χ0) is 13.9. The maximum Gasteiger partial charge on any atom is 0.253 e. The SMILES string of the molecule is O=C1CC(Cc2cccnc2)=NN1c1ccc(O)cc1. The van der Waals surface area contributed by atoms with Crippen LogP contribution in [0.5, 0.6) is 5.75 Å². The van der Waals surface area contributed by atoms with E-state index < -0.39 is 0 Å². The topological polar surface area (TPSA) is 65.8 Å². The van der Waals surface area contributed by atoms with Crippen LogP contribution in [0.1, 0.15) is 12.0 Å². The van der Waals surface area contributed by atoms with Gasteiger partial charge in [0.25, 0.3) is 5.91 Å². The van der Waals surface area contributed by atoms with E-state index >= 15 is 0 Å². The standard InChI is InChI=1S/C15H13N3O2/c19-14-5-3-13(4-6-14)18-15(20)9-12(17-18)8-11-2-1-7-16-10-11/h1-7,10,19H,8-9H2. The van der Waals surface area contributed by atoms with Gasteiger partial charge in [-0.3, -0.25) is 9.78 Å². The lowest BCUT2D eigenvalue weighted by Crippen LogP contribution is -2.19. The molecule has 1 aromatic carbocycles.